The lowest BCUT2D eigenvalue weighted by Crippen LogP contribution is -2.68. The lowest BCUT2D eigenvalue weighted by molar-refractivity contribution is -0.221. The maximum absolute atomic E-state index is 12.0. The van der Waals surface area contributed by atoms with Crippen LogP contribution in [0.15, 0.2) is 18.2 Å². The summed E-state index contributed by atoms with van der Waals surface area (Å²) in [5, 5.41) is 4.11. The fourth-order valence-corrected chi connectivity index (χ4v) is 14.0. The van der Waals surface area contributed by atoms with E-state index in [9.17, 15) is 8.42 Å². The van der Waals surface area contributed by atoms with Gasteiger partial charge in [0.2, 0.25) is 0 Å². The predicted molar refractivity (Wildman–Crippen MR) is 175 cm³/mol. The Morgan fingerprint density at radius 1 is 0.929 bits per heavy atom. The molecule has 6 rings (SSSR count). The molecular formula is C37H61N2O2S. The zero-order valence-corrected chi connectivity index (χ0v) is 28.8. The summed E-state index contributed by atoms with van der Waals surface area (Å²) in [6, 6.07) is 0. The Kier molecular flexibility index (Phi) is 7.79. The first-order valence-corrected chi connectivity index (χ1v) is 19.4. The van der Waals surface area contributed by atoms with Crippen molar-refractivity contribution in [2.24, 2.45) is 51.2 Å². The quantitative estimate of drug-likeness (QED) is 0.323. The van der Waals surface area contributed by atoms with Gasteiger partial charge in [-0.15, -0.1) is 0 Å². The molecule has 0 aromatic carbocycles. The Morgan fingerprint density at radius 3 is 2.31 bits per heavy atom. The largest absolute Gasteiger partial charge is 0.310 e. The lowest BCUT2D eigenvalue weighted by atomic mass is 9.33. The molecule has 1 N–H and O–H groups in total. The molecule has 0 unspecified atom stereocenters. The summed E-state index contributed by atoms with van der Waals surface area (Å²) in [4.78, 5) is 2.50. The minimum Gasteiger partial charge on any atom is -0.310 e. The third kappa shape index (κ3) is 4.67. The van der Waals surface area contributed by atoms with Crippen LogP contribution >= 0.6 is 0 Å². The number of fused-ring (bicyclic) bond motifs is 7. The highest BCUT2D eigenvalue weighted by atomic mass is 32.2. The molecule has 0 aromatic heterocycles. The Bertz CT molecular complexity index is 1200. The number of rotatable bonds is 6. The molecule has 5 fully saturated rings. The molecule has 5 aliphatic carbocycles. The van der Waals surface area contributed by atoms with E-state index in [1.165, 1.54) is 69.6 Å². The summed E-state index contributed by atoms with van der Waals surface area (Å²) in [6.45, 7) is 23.8. The van der Waals surface area contributed by atoms with Crippen molar-refractivity contribution in [2.75, 3.05) is 32.4 Å². The molecule has 0 aromatic rings. The second-order valence-electron chi connectivity index (χ2n) is 17.4. The zero-order valence-electron chi connectivity index (χ0n) is 28.0. The lowest BCUT2D eigenvalue weighted by Gasteiger charge is -2.72. The highest BCUT2D eigenvalue weighted by Gasteiger charge is 2.70. The summed E-state index contributed by atoms with van der Waals surface area (Å²) in [5.74, 6) is 3.61. The van der Waals surface area contributed by atoms with Gasteiger partial charge in [0.25, 0.3) is 0 Å². The van der Waals surface area contributed by atoms with Crippen molar-refractivity contribution >= 4 is 9.84 Å². The van der Waals surface area contributed by atoms with Gasteiger partial charge in [-0.05, 0) is 148 Å². The minimum atomic E-state index is -2.92. The third-order valence-electron chi connectivity index (χ3n) is 15.3. The predicted octanol–water partition coefficient (Wildman–Crippen LogP) is 7.46. The molecule has 4 nitrogen and oxygen atoms in total. The number of allylic oxidation sites excluding steroid dienone is 3. The summed E-state index contributed by atoms with van der Waals surface area (Å²) in [7, 11) is -2.92. The van der Waals surface area contributed by atoms with E-state index in [1.807, 2.05) is 0 Å². The van der Waals surface area contributed by atoms with Crippen molar-refractivity contribution < 1.29 is 8.42 Å². The van der Waals surface area contributed by atoms with Crippen LogP contribution in [0.4, 0.5) is 0 Å². The van der Waals surface area contributed by atoms with E-state index in [-0.39, 0.29) is 16.2 Å². The van der Waals surface area contributed by atoms with Crippen LogP contribution in [0, 0.1) is 57.3 Å². The van der Waals surface area contributed by atoms with Gasteiger partial charge in [0.15, 0.2) is 0 Å². The Morgan fingerprint density at radius 2 is 1.64 bits per heavy atom. The maximum atomic E-state index is 12.0. The van der Waals surface area contributed by atoms with Crippen LogP contribution in [0.3, 0.4) is 0 Å². The fraction of sp³-hybridized carbons (Fsp3) is 0.892. The van der Waals surface area contributed by atoms with E-state index in [2.05, 4.69) is 70.5 Å². The smallest absolute Gasteiger partial charge is 0.150 e. The first-order chi connectivity index (χ1) is 19.6. The molecule has 42 heavy (non-hydrogen) atoms. The summed E-state index contributed by atoms with van der Waals surface area (Å²) >= 11 is 0. The SMILES string of the molecule is C=C(C)[C@@H]1CC[C@]2(NCCN3CCC(S(C)(=O)=O)CC3)CC[C@]3(C)[C@H](CC[C@@H]4[C@]5(C)CC=[C]C(C)(C)[C@H]5CC[C@]43C)[C@@H]12. The maximum Gasteiger partial charge on any atom is 0.150 e. The Balaban J connectivity index is 1.22. The molecule has 1 radical (unpaired) electrons. The van der Waals surface area contributed by atoms with Gasteiger partial charge in [-0.1, -0.05) is 52.8 Å². The monoisotopic (exact) mass is 597 g/mol. The molecule has 0 bridgehead atoms. The van der Waals surface area contributed by atoms with Crippen molar-refractivity contribution in [3.8, 4) is 0 Å². The first kappa shape index (κ1) is 31.3. The van der Waals surface area contributed by atoms with E-state index in [1.54, 1.807) is 0 Å². The molecule has 9 atom stereocenters. The molecule has 0 spiro atoms. The van der Waals surface area contributed by atoms with Crippen LogP contribution < -0.4 is 5.32 Å². The van der Waals surface area contributed by atoms with Crippen molar-refractivity contribution in [1.29, 1.82) is 0 Å². The average Bonchev–Trinajstić information content (AvgIpc) is 3.28. The van der Waals surface area contributed by atoms with Gasteiger partial charge in [0, 0.05) is 24.9 Å². The molecule has 1 aliphatic heterocycles. The highest BCUT2D eigenvalue weighted by Crippen LogP contribution is 2.75. The van der Waals surface area contributed by atoms with Crippen LogP contribution in [0.25, 0.3) is 0 Å². The van der Waals surface area contributed by atoms with Crippen LogP contribution in [0.1, 0.15) is 112 Å². The van der Waals surface area contributed by atoms with Gasteiger partial charge < -0.3 is 10.2 Å². The molecule has 1 heterocycles. The standard InChI is InChI=1S/C37H61N2O2S/c1-26(2)28-12-19-37(38-22-25-39-23-14-27(15-24-39)42(8,40)41)21-20-35(6)29(32(28)37)10-11-31-34(5)17-9-16-33(3,4)30(34)13-18-36(31,35)7/h9,27-32,38H,1,10-15,17-25H2,2-8H3/t28-,29+,30+,31+,32+,34+,35+,36+,37-/m0/s1. The number of nitrogens with zero attached hydrogens (tertiary/aromatic N) is 1. The van der Waals surface area contributed by atoms with Gasteiger partial charge in [-0.25, -0.2) is 8.42 Å². The average molecular weight is 598 g/mol. The number of hydrogen-bond acceptors (Lipinski definition) is 4. The molecule has 5 heteroatoms. The van der Waals surface area contributed by atoms with Crippen LogP contribution in [-0.2, 0) is 9.84 Å². The number of piperidine rings is 1. The molecular weight excluding hydrogens is 536 g/mol. The van der Waals surface area contributed by atoms with Gasteiger partial charge in [-0.2, -0.15) is 0 Å². The van der Waals surface area contributed by atoms with Gasteiger partial charge >= 0.3 is 0 Å². The number of likely N-dealkylation sites (tertiary alicyclic amines) is 1. The summed E-state index contributed by atoms with van der Waals surface area (Å²) in [6.07, 6.45) is 21.1. The molecule has 237 valence electrons. The number of hydrogen-bond donors (Lipinski definition) is 1. The summed E-state index contributed by atoms with van der Waals surface area (Å²) < 4.78 is 24.1. The zero-order chi connectivity index (χ0) is 30.3. The van der Waals surface area contributed by atoms with Crippen LogP contribution in [0.2, 0.25) is 0 Å². The van der Waals surface area contributed by atoms with Gasteiger partial charge in [0.1, 0.15) is 9.84 Å². The Hall–Kier alpha value is -0.650. The number of nitrogens with one attached hydrogen (secondary N) is 1. The first-order valence-electron chi connectivity index (χ1n) is 17.5. The van der Waals surface area contributed by atoms with E-state index in [4.69, 9.17) is 0 Å². The molecule has 6 aliphatic rings. The van der Waals surface area contributed by atoms with Crippen molar-refractivity contribution in [1.82, 2.24) is 10.2 Å². The second-order valence-corrected chi connectivity index (χ2v) is 19.7. The van der Waals surface area contributed by atoms with Crippen LogP contribution in [-0.4, -0.2) is 56.5 Å². The minimum absolute atomic E-state index is 0.144. The van der Waals surface area contributed by atoms with E-state index in [0.717, 1.165) is 56.8 Å². The highest BCUT2D eigenvalue weighted by molar-refractivity contribution is 7.91. The fourth-order valence-electron chi connectivity index (χ4n) is 12.9. The molecule has 0 amide bonds. The van der Waals surface area contributed by atoms with E-state index >= 15 is 0 Å². The van der Waals surface area contributed by atoms with Gasteiger partial charge in [-0.3, -0.25) is 0 Å². The van der Waals surface area contributed by atoms with Crippen molar-refractivity contribution in [2.45, 2.75) is 123 Å². The topological polar surface area (TPSA) is 49.4 Å². The van der Waals surface area contributed by atoms with Crippen molar-refractivity contribution in [3.05, 3.63) is 24.3 Å². The number of sulfone groups is 1. The molecule has 1 saturated heterocycles. The van der Waals surface area contributed by atoms with Gasteiger partial charge in [0.05, 0.1) is 5.25 Å². The normalized spacial score (nSPS) is 47.3. The Labute approximate surface area is 258 Å². The third-order valence-corrected chi connectivity index (χ3v) is 16.9. The van der Waals surface area contributed by atoms with E-state index < -0.39 is 9.84 Å². The van der Waals surface area contributed by atoms with E-state index in [0.29, 0.717) is 28.1 Å². The second kappa shape index (κ2) is 10.4. The van der Waals surface area contributed by atoms with Crippen LogP contribution in [0.5, 0.6) is 0 Å². The molecule has 4 saturated carbocycles. The summed E-state index contributed by atoms with van der Waals surface area (Å²) in [5.41, 5.74) is 2.98. The van der Waals surface area contributed by atoms with Crippen molar-refractivity contribution in [3.63, 3.8) is 0 Å².